The van der Waals surface area contributed by atoms with Gasteiger partial charge in [0.05, 0.1) is 6.04 Å². The van der Waals surface area contributed by atoms with Crippen molar-refractivity contribution in [3.63, 3.8) is 0 Å². The molecule has 1 aliphatic heterocycles. The van der Waals surface area contributed by atoms with Crippen LogP contribution in [0.15, 0.2) is 57.9 Å². The number of benzene rings is 2. The molecule has 0 radical (unpaired) electrons. The SMILES string of the molecule is O=C(NC1CCSc2ccc(F)cc21)c1cc(-c2cccc(F)c2)no1. The molecule has 4 rings (SSSR count). The predicted molar refractivity (Wildman–Crippen MR) is 93.8 cm³/mol. The zero-order valence-electron chi connectivity index (χ0n) is 13.5. The van der Waals surface area contributed by atoms with Crippen molar-refractivity contribution >= 4 is 17.7 Å². The minimum absolute atomic E-state index is 0.0282. The summed E-state index contributed by atoms with van der Waals surface area (Å²) in [5, 5.41) is 6.70. The molecule has 1 amide bonds. The van der Waals surface area contributed by atoms with Gasteiger partial charge in [0.25, 0.3) is 5.91 Å². The minimum atomic E-state index is -0.438. The van der Waals surface area contributed by atoms with Gasteiger partial charge in [-0.3, -0.25) is 4.79 Å². The van der Waals surface area contributed by atoms with Crippen LogP contribution >= 0.6 is 11.8 Å². The van der Waals surface area contributed by atoms with Crippen LogP contribution in [-0.4, -0.2) is 16.8 Å². The molecule has 4 nitrogen and oxygen atoms in total. The van der Waals surface area contributed by atoms with Gasteiger partial charge in [-0.15, -0.1) is 11.8 Å². The molecule has 0 bridgehead atoms. The van der Waals surface area contributed by atoms with Gasteiger partial charge in [0.1, 0.15) is 17.3 Å². The van der Waals surface area contributed by atoms with E-state index >= 15 is 0 Å². The summed E-state index contributed by atoms with van der Waals surface area (Å²) in [4.78, 5) is 13.5. The fourth-order valence-corrected chi connectivity index (χ4v) is 4.02. The maximum Gasteiger partial charge on any atom is 0.290 e. The van der Waals surface area contributed by atoms with Crippen LogP contribution in [0.5, 0.6) is 0 Å². The maximum absolute atomic E-state index is 13.6. The Labute approximate surface area is 152 Å². The molecule has 0 aliphatic carbocycles. The molecule has 2 heterocycles. The van der Waals surface area contributed by atoms with E-state index < -0.39 is 11.7 Å². The van der Waals surface area contributed by atoms with Crippen LogP contribution in [0, 0.1) is 11.6 Å². The third-order valence-electron chi connectivity index (χ3n) is 4.17. The molecule has 1 aliphatic rings. The lowest BCUT2D eigenvalue weighted by molar-refractivity contribution is 0.0897. The molecular formula is C19H14F2N2O2S. The molecule has 7 heteroatoms. The second-order valence-electron chi connectivity index (χ2n) is 5.93. The van der Waals surface area contributed by atoms with Gasteiger partial charge in [-0.1, -0.05) is 17.3 Å². The number of aromatic nitrogens is 1. The van der Waals surface area contributed by atoms with Crippen molar-refractivity contribution in [2.24, 2.45) is 0 Å². The number of halogens is 2. The van der Waals surface area contributed by atoms with Crippen LogP contribution in [0.1, 0.15) is 28.6 Å². The zero-order chi connectivity index (χ0) is 18.1. The fourth-order valence-electron chi connectivity index (χ4n) is 2.91. The summed E-state index contributed by atoms with van der Waals surface area (Å²) >= 11 is 1.64. The van der Waals surface area contributed by atoms with Crippen LogP contribution < -0.4 is 5.32 Å². The highest BCUT2D eigenvalue weighted by atomic mass is 32.2. The fraction of sp³-hybridized carbons (Fsp3) is 0.158. The highest BCUT2D eigenvalue weighted by molar-refractivity contribution is 7.99. The van der Waals surface area contributed by atoms with Gasteiger partial charge in [0.2, 0.25) is 5.76 Å². The largest absolute Gasteiger partial charge is 0.350 e. The molecule has 1 aromatic heterocycles. The molecule has 1 N–H and O–H groups in total. The molecule has 0 saturated heterocycles. The van der Waals surface area contributed by atoms with Crippen LogP contribution in [0.2, 0.25) is 0 Å². The predicted octanol–water partition coefficient (Wildman–Crippen LogP) is 4.59. The molecule has 2 aromatic carbocycles. The number of amides is 1. The first kappa shape index (κ1) is 16.8. The number of carbonyl (C=O) groups is 1. The highest BCUT2D eigenvalue weighted by Gasteiger charge is 2.25. The minimum Gasteiger partial charge on any atom is -0.350 e. The van der Waals surface area contributed by atoms with E-state index in [2.05, 4.69) is 10.5 Å². The number of fused-ring (bicyclic) bond motifs is 1. The summed E-state index contributed by atoms with van der Waals surface area (Å²) in [5.41, 5.74) is 1.66. The molecule has 0 fully saturated rings. The van der Waals surface area contributed by atoms with E-state index in [-0.39, 0.29) is 17.6 Å². The topological polar surface area (TPSA) is 55.1 Å². The normalized spacial score (nSPS) is 16.2. The second-order valence-corrected chi connectivity index (χ2v) is 7.07. The summed E-state index contributed by atoms with van der Waals surface area (Å²) in [5.74, 6) is -0.310. The zero-order valence-corrected chi connectivity index (χ0v) is 14.4. The number of hydrogen-bond acceptors (Lipinski definition) is 4. The summed E-state index contributed by atoms with van der Waals surface area (Å²) in [6, 6.07) is 11.6. The van der Waals surface area contributed by atoms with E-state index in [9.17, 15) is 13.6 Å². The van der Waals surface area contributed by atoms with Gasteiger partial charge < -0.3 is 9.84 Å². The molecule has 26 heavy (non-hydrogen) atoms. The Morgan fingerprint density at radius 3 is 2.85 bits per heavy atom. The van der Waals surface area contributed by atoms with E-state index in [4.69, 9.17) is 4.52 Å². The first-order valence-corrected chi connectivity index (χ1v) is 9.04. The maximum atomic E-state index is 13.6. The third-order valence-corrected chi connectivity index (χ3v) is 5.29. The van der Waals surface area contributed by atoms with Crippen LogP contribution in [0.25, 0.3) is 11.3 Å². The lowest BCUT2D eigenvalue weighted by Gasteiger charge is -2.25. The Balaban J connectivity index is 1.54. The monoisotopic (exact) mass is 372 g/mol. The lowest BCUT2D eigenvalue weighted by Crippen LogP contribution is -2.30. The van der Waals surface area contributed by atoms with Crippen LogP contribution in [0.3, 0.4) is 0 Å². The van der Waals surface area contributed by atoms with Gasteiger partial charge in [-0.25, -0.2) is 8.78 Å². The van der Waals surface area contributed by atoms with Crippen molar-refractivity contribution in [1.82, 2.24) is 10.5 Å². The Bertz CT molecular complexity index is 974. The molecule has 0 spiro atoms. The molecule has 3 aromatic rings. The number of nitrogens with zero attached hydrogens (tertiary/aromatic N) is 1. The van der Waals surface area contributed by atoms with Crippen LogP contribution in [-0.2, 0) is 0 Å². The average molecular weight is 372 g/mol. The van der Waals surface area contributed by atoms with Crippen molar-refractivity contribution in [2.75, 3.05) is 5.75 Å². The molecule has 1 unspecified atom stereocenters. The van der Waals surface area contributed by atoms with Gasteiger partial charge in [-0.05, 0) is 42.3 Å². The van der Waals surface area contributed by atoms with Crippen molar-refractivity contribution in [1.29, 1.82) is 0 Å². The van der Waals surface area contributed by atoms with E-state index in [1.165, 1.54) is 30.3 Å². The smallest absolute Gasteiger partial charge is 0.290 e. The number of rotatable bonds is 3. The summed E-state index contributed by atoms with van der Waals surface area (Å²) in [6.07, 6.45) is 0.692. The van der Waals surface area contributed by atoms with Crippen molar-refractivity contribution < 1.29 is 18.1 Å². The Kier molecular flexibility index (Phi) is 4.46. The van der Waals surface area contributed by atoms with Gasteiger partial charge in [0, 0.05) is 22.3 Å². The van der Waals surface area contributed by atoms with E-state index in [1.54, 1.807) is 30.0 Å². The number of nitrogens with one attached hydrogen (secondary N) is 1. The van der Waals surface area contributed by atoms with Crippen molar-refractivity contribution in [3.8, 4) is 11.3 Å². The van der Waals surface area contributed by atoms with Crippen molar-refractivity contribution in [2.45, 2.75) is 17.4 Å². The summed E-state index contributed by atoms with van der Waals surface area (Å²) in [6.45, 7) is 0. The van der Waals surface area contributed by atoms with E-state index in [1.807, 2.05) is 0 Å². The lowest BCUT2D eigenvalue weighted by atomic mass is 10.0. The van der Waals surface area contributed by atoms with Crippen molar-refractivity contribution in [3.05, 3.63) is 71.5 Å². The Morgan fingerprint density at radius 1 is 1.15 bits per heavy atom. The first-order valence-electron chi connectivity index (χ1n) is 8.06. The van der Waals surface area contributed by atoms with E-state index in [0.717, 1.165) is 16.2 Å². The Morgan fingerprint density at radius 2 is 2.00 bits per heavy atom. The summed E-state index contributed by atoms with van der Waals surface area (Å²) < 4.78 is 32.0. The van der Waals surface area contributed by atoms with Gasteiger partial charge in [-0.2, -0.15) is 0 Å². The molecule has 132 valence electrons. The number of hydrogen-bond donors (Lipinski definition) is 1. The standard InChI is InChI=1S/C19H14F2N2O2S/c20-12-3-1-2-11(8-12)16-10-17(25-23-16)19(24)22-15-6-7-26-18-5-4-13(21)9-14(15)18/h1-5,8-10,15H,6-7H2,(H,22,24). The van der Waals surface area contributed by atoms with Gasteiger partial charge in [0.15, 0.2) is 0 Å². The first-order chi connectivity index (χ1) is 12.6. The number of thioether (sulfide) groups is 1. The summed E-state index contributed by atoms with van der Waals surface area (Å²) in [7, 11) is 0. The van der Waals surface area contributed by atoms with Crippen LogP contribution in [0.4, 0.5) is 8.78 Å². The van der Waals surface area contributed by atoms with Gasteiger partial charge >= 0.3 is 0 Å². The second kappa shape index (κ2) is 6.92. The molecule has 0 saturated carbocycles. The number of carbonyl (C=O) groups excluding carboxylic acids is 1. The molecular weight excluding hydrogens is 358 g/mol. The van der Waals surface area contributed by atoms with E-state index in [0.29, 0.717) is 17.7 Å². The quantitative estimate of drug-likeness (QED) is 0.731. The Hall–Kier alpha value is -2.67. The third kappa shape index (κ3) is 3.35. The average Bonchev–Trinajstić information content (AvgIpc) is 3.12. The highest BCUT2D eigenvalue weighted by Crippen LogP contribution is 2.36. The molecule has 1 atom stereocenters.